The zero-order valence-electron chi connectivity index (χ0n) is 14.6. The van der Waals surface area contributed by atoms with Crippen LogP contribution in [0.5, 0.6) is 0 Å². The van der Waals surface area contributed by atoms with Crippen molar-refractivity contribution in [2.24, 2.45) is 5.10 Å². The van der Waals surface area contributed by atoms with Crippen LogP contribution in [0.3, 0.4) is 0 Å². The van der Waals surface area contributed by atoms with Crippen molar-refractivity contribution in [1.82, 2.24) is 0 Å². The highest BCUT2D eigenvalue weighted by Crippen LogP contribution is 2.23. The van der Waals surface area contributed by atoms with Crippen LogP contribution in [-0.2, 0) is 9.53 Å². The number of hydrogen-bond acceptors (Lipinski definition) is 5. The topological polar surface area (TPSA) is 65.7 Å². The number of hydrazone groups is 1. The smallest absolute Gasteiger partial charge is 0.348 e. The standard InChI is InChI=1S/C21H19N3O2/c1-2-26-21(25)18(15-22)14-16-8-10-19(11-9-16)24-13-12-20(23-24)17-6-4-3-5-7-17/h3-11,14H,2,12-13H2,1H3. The van der Waals surface area contributed by atoms with Gasteiger partial charge in [0, 0.05) is 13.0 Å². The fourth-order valence-corrected chi connectivity index (χ4v) is 2.73. The minimum atomic E-state index is -0.601. The second-order valence-corrected chi connectivity index (χ2v) is 5.77. The molecule has 0 saturated carbocycles. The fraction of sp³-hybridized carbons (Fsp3) is 0.190. The van der Waals surface area contributed by atoms with Crippen LogP contribution in [-0.4, -0.2) is 24.8 Å². The largest absolute Gasteiger partial charge is 0.462 e. The summed E-state index contributed by atoms with van der Waals surface area (Å²) < 4.78 is 4.87. The molecule has 5 heteroatoms. The molecule has 26 heavy (non-hydrogen) atoms. The van der Waals surface area contributed by atoms with Gasteiger partial charge in [0.1, 0.15) is 11.6 Å². The lowest BCUT2D eigenvalue weighted by Crippen LogP contribution is -2.11. The summed E-state index contributed by atoms with van der Waals surface area (Å²) in [5.74, 6) is -0.601. The Kier molecular flexibility index (Phi) is 5.45. The third kappa shape index (κ3) is 3.98. The molecule has 2 aromatic rings. The molecule has 0 amide bonds. The van der Waals surface area contributed by atoms with Crippen molar-refractivity contribution in [3.05, 3.63) is 71.3 Å². The summed E-state index contributed by atoms with van der Waals surface area (Å²) in [7, 11) is 0. The first kappa shape index (κ1) is 17.4. The Morgan fingerprint density at radius 3 is 2.62 bits per heavy atom. The summed E-state index contributed by atoms with van der Waals surface area (Å²) in [5.41, 5.74) is 3.95. The molecule has 1 aliphatic rings. The predicted molar refractivity (Wildman–Crippen MR) is 102 cm³/mol. The number of nitriles is 1. The van der Waals surface area contributed by atoms with Gasteiger partial charge >= 0.3 is 5.97 Å². The van der Waals surface area contributed by atoms with Gasteiger partial charge in [-0.15, -0.1) is 0 Å². The molecule has 0 bridgehead atoms. The van der Waals surface area contributed by atoms with E-state index in [1.165, 1.54) is 6.08 Å². The van der Waals surface area contributed by atoms with Crippen LogP contribution < -0.4 is 5.01 Å². The van der Waals surface area contributed by atoms with Gasteiger partial charge in [-0.25, -0.2) is 4.79 Å². The average Bonchev–Trinajstić information content (AvgIpc) is 3.17. The molecule has 130 valence electrons. The van der Waals surface area contributed by atoms with Crippen molar-refractivity contribution in [3.63, 3.8) is 0 Å². The van der Waals surface area contributed by atoms with Crippen molar-refractivity contribution in [2.75, 3.05) is 18.2 Å². The molecule has 0 saturated heterocycles. The summed E-state index contributed by atoms with van der Waals surface area (Å²) in [6.45, 7) is 2.78. The van der Waals surface area contributed by atoms with Crippen LogP contribution in [0.15, 0.2) is 65.3 Å². The zero-order chi connectivity index (χ0) is 18.4. The first-order valence-electron chi connectivity index (χ1n) is 8.50. The second kappa shape index (κ2) is 8.13. The number of anilines is 1. The predicted octanol–water partition coefficient (Wildman–Crippen LogP) is 3.77. The van der Waals surface area contributed by atoms with E-state index in [9.17, 15) is 4.79 Å². The summed E-state index contributed by atoms with van der Waals surface area (Å²) in [6.07, 6.45) is 2.43. The van der Waals surface area contributed by atoms with Crippen LogP contribution in [0.2, 0.25) is 0 Å². The summed E-state index contributed by atoms with van der Waals surface area (Å²) in [5, 5.41) is 15.8. The van der Waals surface area contributed by atoms with E-state index >= 15 is 0 Å². The molecule has 0 atom stereocenters. The van der Waals surface area contributed by atoms with Gasteiger partial charge in [0.05, 0.1) is 18.0 Å². The lowest BCUT2D eigenvalue weighted by Gasteiger charge is -2.13. The Balaban J connectivity index is 1.75. The van der Waals surface area contributed by atoms with E-state index < -0.39 is 5.97 Å². The maximum Gasteiger partial charge on any atom is 0.348 e. The van der Waals surface area contributed by atoms with Crippen LogP contribution in [0, 0.1) is 11.3 Å². The highest BCUT2D eigenvalue weighted by Gasteiger charge is 2.17. The van der Waals surface area contributed by atoms with Crippen molar-refractivity contribution < 1.29 is 9.53 Å². The van der Waals surface area contributed by atoms with Gasteiger partial charge in [-0.3, -0.25) is 5.01 Å². The van der Waals surface area contributed by atoms with Gasteiger partial charge in [0.15, 0.2) is 0 Å². The molecule has 5 nitrogen and oxygen atoms in total. The van der Waals surface area contributed by atoms with Crippen LogP contribution in [0.25, 0.3) is 6.08 Å². The molecule has 2 aromatic carbocycles. The molecule has 1 aliphatic heterocycles. The lowest BCUT2D eigenvalue weighted by atomic mass is 10.1. The van der Waals surface area contributed by atoms with Gasteiger partial charge in [-0.2, -0.15) is 10.4 Å². The van der Waals surface area contributed by atoms with Crippen molar-refractivity contribution in [3.8, 4) is 6.07 Å². The normalized spacial score (nSPS) is 13.9. The molecule has 3 rings (SSSR count). The van der Waals surface area contributed by atoms with Gasteiger partial charge in [0.2, 0.25) is 0 Å². The van der Waals surface area contributed by atoms with Gasteiger partial charge in [0.25, 0.3) is 0 Å². The molecule has 0 fully saturated rings. The maximum atomic E-state index is 11.7. The van der Waals surface area contributed by atoms with E-state index in [1.54, 1.807) is 6.92 Å². The number of carbonyl (C=O) groups excluding carboxylic acids is 1. The molecule has 1 heterocycles. The quantitative estimate of drug-likeness (QED) is 0.470. The molecular formula is C21H19N3O2. The minimum absolute atomic E-state index is 0.00911. The first-order valence-corrected chi connectivity index (χ1v) is 8.50. The van der Waals surface area contributed by atoms with E-state index in [0.29, 0.717) is 0 Å². The van der Waals surface area contributed by atoms with Gasteiger partial charge in [-0.1, -0.05) is 42.5 Å². The number of ether oxygens (including phenoxy) is 1. The number of carbonyl (C=O) groups is 1. The van der Waals surface area contributed by atoms with E-state index in [-0.39, 0.29) is 12.2 Å². The maximum absolute atomic E-state index is 11.7. The Bertz CT molecular complexity index is 878. The number of esters is 1. The fourth-order valence-electron chi connectivity index (χ4n) is 2.73. The second-order valence-electron chi connectivity index (χ2n) is 5.77. The Morgan fingerprint density at radius 2 is 1.96 bits per heavy atom. The molecule has 0 N–H and O–H groups in total. The SMILES string of the molecule is CCOC(=O)C(C#N)=Cc1ccc(N2CCC(c3ccccc3)=N2)cc1. The molecular weight excluding hydrogens is 326 g/mol. The Morgan fingerprint density at radius 1 is 1.23 bits per heavy atom. The molecule has 0 aliphatic carbocycles. The number of nitrogens with zero attached hydrogens (tertiary/aromatic N) is 3. The Labute approximate surface area is 152 Å². The average molecular weight is 345 g/mol. The molecule has 0 radical (unpaired) electrons. The summed E-state index contributed by atoms with van der Waals surface area (Å²) >= 11 is 0. The number of hydrogen-bond donors (Lipinski definition) is 0. The van der Waals surface area contributed by atoms with Gasteiger partial charge < -0.3 is 4.74 Å². The van der Waals surface area contributed by atoms with Crippen LogP contribution >= 0.6 is 0 Å². The highest BCUT2D eigenvalue weighted by molar-refractivity contribution is 6.02. The van der Waals surface area contributed by atoms with E-state index in [2.05, 4.69) is 12.1 Å². The minimum Gasteiger partial charge on any atom is -0.462 e. The summed E-state index contributed by atoms with van der Waals surface area (Å²) in [4.78, 5) is 11.7. The first-order chi connectivity index (χ1) is 12.7. The number of rotatable bonds is 5. The third-order valence-electron chi connectivity index (χ3n) is 4.03. The third-order valence-corrected chi connectivity index (χ3v) is 4.03. The molecule has 0 aromatic heterocycles. The molecule has 0 spiro atoms. The van der Waals surface area contributed by atoms with Gasteiger partial charge in [-0.05, 0) is 36.3 Å². The lowest BCUT2D eigenvalue weighted by molar-refractivity contribution is -0.137. The Hall–Kier alpha value is -3.39. The zero-order valence-corrected chi connectivity index (χ0v) is 14.6. The van der Waals surface area contributed by atoms with E-state index in [0.717, 1.165) is 35.5 Å². The van der Waals surface area contributed by atoms with E-state index in [4.69, 9.17) is 15.1 Å². The van der Waals surface area contributed by atoms with Crippen molar-refractivity contribution in [2.45, 2.75) is 13.3 Å². The summed E-state index contributed by atoms with van der Waals surface area (Å²) in [6, 6.07) is 19.6. The van der Waals surface area contributed by atoms with Crippen LogP contribution in [0.1, 0.15) is 24.5 Å². The van der Waals surface area contributed by atoms with Crippen LogP contribution in [0.4, 0.5) is 5.69 Å². The van der Waals surface area contributed by atoms with E-state index in [1.807, 2.05) is 53.5 Å². The van der Waals surface area contributed by atoms with Crippen molar-refractivity contribution in [1.29, 1.82) is 5.26 Å². The number of benzene rings is 2. The van der Waals surface area contributed by atoms with Crippen molar-refractivity contribution >= 4 is 23.4 Å². The monoisotopic (exact) mass is 345 g/mol. The molecule has 0 unspecified atom stereocenters. The highest BCUT2D eigenvalue weighted by atomic mass is 16.5.